The quantitative estimate of drug-likeness (QED) is 0.914. The number of nitrogens with zero attached hydrogens (tertiary/aromatic N) is 1. The lowest BCUT2D eigenvalue weighted by molar-refractivity contribution is -0.163. The molecule has 1 atom stereocenters. The third-order valence-corrected chi connectivity index (χ3v) is 2.97. The number of nitrogens with one attached hydrogen (secondary N) is 1. The first-order valence-electron chi connectivity index (χ1n) is 6.07. The normalized spacial score (nSPS) is 19.6. The first kappa shape index (κ1) is 13.9. The highest BCUT2D eigenvalue weighted by Gasteiger charge is 2.36. The number of furan rings is 1. The highest BCUT2D eigenvalue weighted by molar-refractivity contribution is 5.82. The number of hydrogen-bond donors (Lipinski definition) is 1. The van der Waals surface area contributed by atoms with E-state index in [9.17, 15) is 18.0 Å². The third-order valence-electron chi connectivity index (χ3n) is 2.97. The summed E-state index contributed by atoms with van der Waals surface area (Å²) in [4.78, 5) is 12.9. The van der Waals surface area contributed by atoms with Crippen LogP contribution in [0.5, 0.6) is 0 Å². The summed E-state index contributed by atoms with van der Waals surface area (Å²) in [6, 6.07) is 2.62. The molecule has 0 saturated carbocycles. The monoisotopic (exact) mass is 276 g/mol. The van der Waals surface area contributed by atoms with Crippen molar-refractivity contribution in [2.45, 2.75) is 31.6 Å². The maximum absolute atomic E-state index is 12.5. The molecule has 0 bridgehead atoms. The summed E-state index contributed by atoms with van der Waals surface area (Å²) in [5, 5.41) is 2.91. The molecule has 2 rings (SSSR count). The molecule has 4 nitrogen and oxygen atoms in total. The van der Waals surface area contributed by atoms with Gasteiger partial charge in [0.1, 0.15) is 12.3 Å². The third kappa shape index (κ3) is 3.99. The second-order valence-corrected chi connectivity index (χ2v) is 4.54. The fourth-order valence-electron chi connectivity index (χ4n) is 2.13. The lowest BCUT2D eigenvalue weighted by atomic mass is 10.2. The van der Waals surface area contributed by atoms with Gasteiger partial charge >= 0.3 is 6.18 Å². The Morgan fingerprint density at radius 2 is 2.32 bits per heavy atom. The molecule has 1 aromatic heterocycles. The molecule has 106 valence electrons. The number of carbonyl (C=O) groups is 1. The minimum Gasteiger partial charge on any atom is -0.467 e. The van der Waals surface area contributed by atoms with Crippen LogP contribution < -0.4 is 5.32 Å². The van der Waals surface area contributed by atoms with Crippen molar-refractivity contribution in [2.75, 3.05) is 13.1 Å². The summed E-state index contributed by atoms with van der Waals surface area (Å²) in [6.45, 7) is -0.759. The van der Waals surface area contributed by atoms with Gasteiger partial charge in [0.2, 0.25) is 5.91 Å². The van der Waals surface area contributed by atoms with Gasteiger partial charge in [0.15, 0.2) is 0 Å². The van der Waals surface area contributed by atoms with Crippen LogP contribution in [0.2, 0.25) is 0 Å². The number of amides is 1. The van der Waals surface area contributed by atoms with E-state index in [-0.39, 0.29) is 6.54 Å². The van der Waals surface area contributed by atoms with E-state index in [0.29, 0.717) is 18.7 Å². The number of rotatable bonds is 4. The molecule has 19 heavy (non-hydrogen) atoms. The van der Waals surface area contributed by atoms with E-state index in [1.807, 2.05) is 0 Å². The molecule has 1 amide bonds. The molecule has 2 heterocycles. The van der Waals surface area contributed by atoms with E-state index in [4.69, 9.17) is 4.42 Å². The molecule has 1 aromatic rings. The Kier molecular flexibility index (Phi) is 4.14. The van der Waals surface area contributed by atoms with Crippen LogP contribution in [-0.4, -0.2) is 36.1 Å². The van der Waals surface area contributed by atoms with Crippen LogP contribution in [0.4, 0.5) is 13.2 Å². The van der Waals surface area contributed by atoms with Crippen LogP contribution >= 0.6 is 0 Å². The first-order chi connectivity index (χ1) is 8.96. The topological polar surface area (TPSA) is 45.5 Å². The molecule has 1 aliphatic rings. The highest BCUT2D eigenvalue weighted by atomic mass is 19.4. The van der Waals surface area contributed by atoms with E-state index in [1.54, 1.807) is 12.1 Å². The molecular weight excluding hydrogens is 261 g/mol. The second-order valence-electron chi connectivity index (χ2n) is 4.54. The zero-order valence-electron chi connectivity index (χ0n) is 10.2. The molecular formula is C12H15F3N2O2. The van der Waals surface area contributed by atoms with Crippen LogP contribution in [0.1, 0.15) is 18.6 Å². The lowest BCUT2D eigenvalue weighted by Gasteiger charge is -2.25. The van der Waals surface area contributed by atoms with Gasteiger partial charge in [0, 0.05) is 0 Å². The minimum atomic E-state index is -4.42. The van der Waals surface area contributed by atoms with Crippen LogP contribution in [0.15, 0.2) is 22.8 Å². The van der Waals surface area contributed by atoms with Crippen molar-refractivity contribution < 1.29 is 22.4 Å². The zero-order chi connectivity index (χ0) is 13.9. The molecule has 1 fully saturated rings. The molecule has 0 spiro atoms. The Hall–Kier alpha value is -1.50. The van der Waals surface area contributed by atoms with Gasteiger partial charge in [-0.15, -0.1) is 0 Å². The predicted octanol–water partition coefficient (Wildman–Crippen LogP) is 1.92. The molecule has 0 aliphatic carbocycles. The maximum Gasteiger partial charge on any atom is 0.406 e. The second kappa shape index (κ2) is 5.64. The van der Waals surface area contributed by atoms with Gasteiger partial charge in [0.25, 0.3) is 0 Å². The van der Waals surface area contributed by atoms with Crippen molar-refractivity contribution in [3.05, 3.63) is 24.2 Å². The maximum atomic E-state index is 12.5. The SMILES string of the molecule is O=C(C1CCCN1)N(Cc1ccco1)CC(F)(F)F. The molecule has 7 heteroatoms. The van der Waals surface area contributed by atoms with E-state index in [0.717, 1.165) is 11.3 Å². The summed E-state index contributed by atoms with van der Waals surface area (Å²) in [5.74, 6) is -0.179. The Balaban J connectivity index is 2.06. The smallest absolute Gasteiger partial charge is 0.406 e. The summed E-state index contributed by atoms with van der Waals surface area (Å²) >= 11 is 0. The Labute approximate surface area is 108 Å². The molecule has 1 unspecified atom stereocenters. The minimum absolute atomic E-state index is 0.163. The number of carbonyl (C=O) groups excluding carboxylic acids is 1. The first-order valence-corrected chi connectivity index (χ1v) is 6.07. The zero-order valence-corrected chi connectivity index (χ0v) is 10.2. The van der Waals surface area contributed by atoms with E-state index >= 15 is 0 Å². The van der Waals surface area contributed by atoms with Crippen molar-refractivity contribution in [3.63, 3.8) is 0 Å². The number of hydrogen-bond acceptors (Lipinski definition) is 3. The average Bonchev–Trinajstić information content (AvgIpc) is 2.98. The summed E-state index contributed by atoms with van der Waals surface area (Å²) in [5.41, 5.74) is 0. The molecule has 0 aromatic carbocycles. The van der Waals surface area contributed by atoms with Gasteiger partial charge in [-0.1, -0.05) is 0 Å². The average molecular weight is 276 g/mol. The van der Waals surface area contributed by atoms with Gasteiger partial charge in [-0.05, 0) is 31.5 Å². The largest absolute Gasteiger partial charge is 0.467 e. The van der Waals surface area contributed by atoms with Crippen molar-refractivity contribution >= 4 is 5.91 Å². The Morgan fingerprint density at radius 1 is 1.53 bits per heavy atom. The van der Waals surface area contributed by atoms with Gasteiger partial charge in [-0.25, -0.2) is 0 Å². The fraction of sp³-hybridized carbons (Fsp3) is 0.583. The van der Waals surface area contributed by atoms with E-state index < -0.39 is 24.7 Å². The summed E-state index contributed by atoms with van der Waals surface area (Å²) < 4.78 is 42.6. The van der Waals surface area contributed by atoms with Gasteiger partial charge in [-0.3, -0.25) is 4.79 Å². The van der Waals surface area contributed by atoms with Crippen molar-refractivity contribution in [1.82, 2.24) is 10.2 Å². The van der Waals surface area contributed by atoms with E-state index in [2.05, 4.69) is 5.32 Å². The fourth-order valence-corrected chi connectivity index (χ4v) is 2.13. The number of alkyl halides is 3. The van der Waals surface area contributed by atoms with Crippen LogP contribution in [-0.2, 0) is 11.3 Å². The van der Waals surface area contributed by atoms with Crippen LogP contribution in [0, 0.1) is 0 Å². The van der Waals surface area contributed by atoms with Crippen LogP contribution in [0.3, 0.4) is 0 Å². The molecule has 1 N–H and O–H groups in total. The van der Waals surface area contributed by atoms with Crippen molar-refractivity contribution in [3.8, 4) is 0 Å². The molecule has 0 radical (unpaired) electrons. The highest BCUT2D eigenvalue weighted by Crippen LogP contribution is 2.20. The molecule has 1 saturated heterocycles. The predicted molar refractivity (Wildman–Crippen MR) is 61.2 cm³/mol. The van der Waals surface area contributed by atoms with Gasteiger partial charge < -0.3 is 14.6 Å². The van der Waals surface area contributed by atoms with Gasteiger partial charge in [-0.2, -0.15) is 13.2 Å². The van der Waals surface area contributed by atoms with Gasteiger partial charge in [0.05, 0.1) is 18.8 Å². The lowest BCUT2D eigenvalue weighted by Crippen LogP contribution is -2.46. The summed E-state index contributed by atoms with van der Waals surface area (Å²) in [6.07, 6.45) is -1.66. The van der Waals surface area contributed by atoms with Crippen molar-refractivity contribution in [2.24, 2.45) is 0 Å². The standard InChI is InChI=1S/C12H15F3N2O2/c13-12(14,15)8-17(7-9-3-2-6-19-9)11(18)10-4-1-5-16-10/h2-3,6,10,16H,1,4-5,7-8H2. The molecule has 1 aliphatic heterocycles. The number of halogens is 3. The summed E-state index contributed by atoms with van der Waals surface area (Å²) in [7, 11) is 0. The van der Waals surface area contributed by atoms with Crippen LogP contribution in [0.25, 0.3) is 0 Å². The van der Waals surface area contributed by atoms with E-state index in [1.165, 1.54) is 6.26 Å². The van der Waals surface area contributed by atoms with Crippen molar-refractivity contribution in [1.29, 1.82) is 0 Å². The Morgan fingerprint density at radius 3 is 2.84 bits per heavy atom. The Bertz CT molecular complexity index is 411.